The maximum atomic E-state index is 3.67. The van der Waals surface area contributed by atoms with Crippen LogP contribution in [0.5, 0.6) is 0 Å². The molecule has 2 rings (SSSR count). The number of likely N-dealkylation sites (tertiary alicyclic amines) is 1. The van der Waals surface area contributed by atoms with E-state index in [1.54, 1.807) is 0 Å². The van der Waals surface area contributed by atoms with Crippen molar-refractivity contribution in [2.24, 2.45) is 5.92 Å². The summed E-state index contributed by atoms with van der Waals surface area (Å²) in [5, 5.41) is 3.67. The van der Waals surface area contributed by atoms with Crippen LogP contribution in [-0.4, -0.2) is 31.1 Å². The SMILES string of the molecule is CCNC(CN1CCC(CC)C1)c1ccc(C(C)C)cc1. The Morgan fingerprint density at radius 3 is 2.33 bits per heavy atom. The molecular formula is C19H32N2. The molecule has 21 heavy (non-hydrogen) atoms. The monoisotopic (exact) mass is 288 g/mol. The van der Waals surface area contributed by atoms with Gasteiger partial charge in [0, 0.05) is 19.1 Å². The molecule has 0 bridgehead atoms. The number of nitrogens with zero attached hydrogens (tertiary/aromatic N) is 1. The van der Waals surface area contributed by atoms with Gasteiger partial charge in [0.05, 0.1) is 0 Å². The zero-order chi connectivity index (χ0) is 15.2. The van der Waals surface area contributed by atoms with Crippen molar-refractivity contribution in [3.8, 4) is 0 Å². The highest BCUT2D eigenvalue weighted by molar-refractivity contribution is 5.27. The van der Waals surface area contributed by atoms with Crippen molar-refractivity contribution in [1.82, 2.24) is 10.2 Å². The predicted molar refractivity (Wildman–Crippen MR) is 91.8 cm³/mol. The summed E-state index contributed by atoms with van der Waals surface area (Å²) in [4.78, 5) is 2.64. The van der Waals surface area contributed by atoms with Gasteiger partial charge in [0.25, 0.3) is 0 Å². The van der Waals surface area contributed by atoms with Crippen molar-refractivity contribution >= 4 is 0 Å². The fraction of sp³-hybridized carbons (Fsp3) is 0.684. The number of nitrogens with one attached hydrogen (secondary N) is 1. The van der Waals surface area contributed by atoms with Crippen LogP contribution in [0.2, 0.25) is 0 Å². The van der Waals surface area contributed by atoms with E-state index in [0.717, 1.165) is 19.0 Å². The fourth-order valence-corrected chi connectivity index (χ4v) is 3.32. The molecule has 2 unspecified atom stereocenters. The normalized spacial score (nSPS) is 21.1. The van der Waals surface area contributed by atoms with Gasteiger partial charge in [-0.15, -0.1) is 0 Å². The lowest BCUT2D eigenvalue weighted by molar-refractivity contribution is 0.283. The second-order valence-corrected chi connectivity index (χ2v) is 6.75. The van der Waals surface area contributed by atoms with Gasteiger partial charge in [-0.3, -0.25) is 0 Å². The molecule has 0 aliphatic carbocycles. The number of rotatable bonds is 7. The lowest BCUT2D eigenvalue weighted by Gasteiger charge is -2.25. The van der Waals surface area contributed by atoms with Crippen LogP contribution in [0.1, 0.15) is 63.6 Å². The van der Waals surface area contributed by atoms with Crippen LogP contribution >= 0.6 is 0 Å². The number of hydrogen-bond donors (Lipinski definition) is 1. The minimum atomic E-state index is 0.465. The van der Waals surface area contributed by atoms with Crippen molar-refractivity contribution in [3.05, 3.63) is 35.4 Å². The van der Waals surface area contributed by atoms with E-state index < -0.39 is 0 Å². The van der Waals surface area contributed by atoms with Crippen LogP contribution in [0.3, 0.4) is 0 Å². The van der Waals surface area contributed by atoms with Crippen molar-refractivity contribution in [2.45, 2.75) is 52.5 Å². The quantitative estimate of drug-likeness (QED) is 0.809. The Hall–Kier alpha value is -0.860. The Balaban J connectivity index is 2.01. The number of benzene rings is 1. The highest BCUT2D eigenvalue weighted by Gasteiger charge is 2.23. The third-order valence-electron chi connectivity index (χ3n) is 4.84. The van der Waals surface area contributed by atoms with Crippen LogP contribution < -0.4 is 5.32 Å². The topological polar surface area (TPSA) is 15.3 Å². The summed E-state index contributed by atoms with van der Waals surface area (Å²) >= 11 is 0. The lowest BCUT2D eigenvalue weighted by Crippen LogP contribution is -2.34. The molecule has 1 aliphatic rings. The predicted octanol–water partition coefficient (Wildman–Crippen LogP) is 4.19. The average Bonchev–Trinajstić information content (AvgIpc) is 2.94. The summed E-state index contributed by atoms with van der Waals surface area (Å²) in [5.41, 5.74) is 2.86. The Labute approximate surface area is 130 Å². The molecule has 118 valence electrons. The minimum Gasteiger partial charge on any atom is -0.309 e. The van der Waals surface area contributed by atoms with Crippen LogP contribution in [0.4, 0.5) is 0 Å². The molecule has 0 saturated carbocycles. The highest BCUT2D eigenvalue weighted by atomic mass is 15.2. The van der Waals surface area contributed by atoms with E-state index in [9.17, 15) is 0 Å². The number of likely N-dealkylation sites (N-methyl/N-ethyl adjacent to an activating group) is 1. The molecule has 2 atom stereocenters. The van der Waals surface area contributed by atoms with Crippen molar-refractivity contribution in [2.75, 3.05) is 26.2 Å². The summed E-state index contributed by atoms with van der Waals surface area (Å²) in [6.45, 7) is 13.8. The molecular weight excluding hydrogens is 256 g/mol. The zero-order valence-corrected chi connectivity index (χ0v) is 14.2. The molecule has 0 amide bonds. The van der Waals surface area contributed by atoms with Crippen molar-refractivity contribution in [1.29, 1.82) is 0 Å². The van der Waals surface area contributed by atoms with Gasteiger partial charge in [-0.1, -0.05) is 58.4 Å². The van der Waals surface area contributed by atoms with Gasteiger partial charge in [0.15, 0.2) is 0 Å². The Bertz CT molecular complexity index is 410. The van der Waals surface area contributed by atoms with E-state index in [1.807, 2.05) is 0 Å². The Kier molecular flexibility index (Phi) is 6.25. The van der Waals surface area contributed by atoms with Gasteiger partial charge in [0.2, 0.25) is 0 Å². The van der Waals surface area contributed by atoms with Crippen LogP contribution in [0.15, 0.2) is 24.3 Å². The molecule has 1 aromatic carbocycles. The summed E-state index contributed by atoms with van der Waals surface area (Å²) in [6, 6.07) is 9.69. The maximum absolute atomic E-state index is 3.67. The summed E-state index contributed by atoms with van der Waals surface area (Å²) in [7, 11) is 0. The van der Waals surface area contributed by atoms with Gasteiger partial charge in [0.1, 0.15) is 0 Å². The molecule has 1 aliphatic heterocycles. The fourth-order valence-electron chi connectivity index (χ4n) is 3.32. The summed E-state index contributed by atoms with van der Waals surface area (Å²) in [6.07, 6.45) is 2.70. The molecule has 1 saturated heterocycles. The molecule has 0 radical (unpaired) electrons. The van der Waals surface area contributed by atoms with E-state index >= 15 is 0 Å². The summed E-state index contributed by atoms with van der Waals surface area (Å²) in [5.74, 6) is 1.52. The largest absolute Gasteiger partial charge is 0.309 e. The zero-order valence-electron chi connectivity index (χ0n) is 14.2. The minimum absolute atomic E-state index is 0.465. The van der Waals surface area contributed by atoms with Crippen molar-refractivity contribution in [3.63, 3.8) is 0 Å². The third kappa shape index (κ3) is 4.55. The third-order valence-corrected chi connectivity index (χ3v) is 4.84. The first-order chi connectivity index (χ1) is 10.1. The van der Waals surface area contributed by atoms with Crippen LogP contribution in [-0.2, 0) is 0 Å². The van der Waals surface area contributed by atoms with Crippen LogP contribution in [0.25, 0.3) is 0 Å². The first-order valence-electron chi connectivity index (χ1n) is 8.69. The van der Waals surface area contributed by atoms with Crippen molar-refractivity contribution < 1.29 is 0 Å². The van der Waals surface area contributed by atoms with Gasteiger partial charge in [-0.2, -0.15) is 0 Å². The van der Waals surface area contributed by atoms with Gasteiger partial charge < -0.3 is 10.2 Å². The first-order valence-corrected chi connectivity index (χ1v) is 8.69. The van der Waals surface area contributed by atoms with E-state index in [0.29, 0.717) is 12.0 Å². The standard InChI is InChI=1S/C19H32N2/c1-5-16-11-12-21(13-16)14-19(20-6-2)18-9-7-17(8-10-18)15(3)4/h7-10,15-16,19-20H,5-6,11-14H2,1-4H3. The second-order valence-electron chi connectivity index (χ2n) is 6.75. The molecule has 2 nitrogen and oxygen atoms in total. The van der Waals surface area contributed by atoms with Gasteiger partial charge in [-0.05, 0) is 42.5 Å². The van der Waals surface area contributed by atoms with E-state index in [2.05, 4.69) is 62.2 Å². The molecule has 1 aromatic rings. The number of hydrogen-bond acceptors (Lipinski definition) is 2. The summed E-state index contributed by atoms with van der Waals surface area (Å²) < 4.78 is 0. The van der Waals surface area contributed by atoms with E-state index in [-0.39, 0.29) is 0 Å². The molecule has 2 heteroatoms. The highest BCUT2D eigenvalue weighted by Crippen LogP contribution is 2.24. The van der Waals surface area contributed by atoms with E-state index in [4.69, 9.17) is 0 Å². The van der Waals surface area contributed by atoms with Gasteiger partial charge in [-0.25, -0.2) is 0 Å². The maximum Gasteiger partial charge on any atom is 0.0449 e. The second kappa shape index (κ2) is 7.95. The van der Waals surface area contributed by atoms with E-state index in [1.165, 1.54) is 37.1 Å². The molecule has 0 aromatic heterocycles. The Morgan fingerprint density at radius 2 is 1.81 bits per heavy atom. The smallest absolute Gasteiger partial charge is 0.0449 e. The molecule has 1 heterocycles. The molecule has 1 fully saturated rings. The average molecular weight is 288 g/mol. The first kappa shape index (κ1) is 16.5. The molecule has 1 N–H and O–H groups in total. The van der Waals surface area contributed by atoms with Gasteiger partial charge >= 0.3 is 0 Å². The Morgan fingerprint density at radius 1 is 1.14 bits per heavy atom. The lowest BCUT2D eigenvalue weighted by atomic mass is 9.99. The van der Waals surface area contributed by atoms with Crippen LogP contribution in [0, 0.1) is 5.92 Å². The molecule has 0 spiro atoms.